The fraction of sp³-hybridized carbons (Fsp3) is 0.452. The van der Waals surface area contributed by atoms with Crippen molar-refractivity contribution in [2.24, 2.45) is 5.92 Å². The van der Waals surface area contributed by atoms with Gasteiger partial charge < -0.3 is 40.1 Å². The molecule has 48 heavy (non-hydrogen) atoms. The summed E-state index contributed by atoms with van der Waals surface area (Å²) in [4.78, 5) is 83.9. The van der Waals surface area contributed by atoms with Crippen molar-refractivity contribution in [3.8, 4) is 17.1 Å². The first-order chi connectivity index (χ1) is 22.9. The Bertz CT molecular complexity index is 1460. The lowest BCUT2D eigenvalue weighted by Crippen LogP contribution is -2.47. The molecule has 0 aliphatic heterocycles. The largest absolute Gasteiger partial charge is 0.481 e. The Balaban J connectivity index is 2.19. The van der Waals surface area contributed by atoms with Crippen LogP contribution in [-0.4, -0.2) is 95.0 Å². The van der Waals surface area contributed by atoms with Crippen LogP contribution in [0.2, 0.25) is 0 Å². The summed E-state index contributed by atoms with van der Waals surface area (Å²) in [5, 5.41) is 35.9. The van der Waals surface area contributed by atoms with Crippen LogP contribution in [0.5, 0.6) is 5.75 Å². The van der Waals surface area contributed by atoms with Crippen molar-refractivity contribution in [3.05, 3.63) is 41.7 Å². The first kappa shape index (κ1) is 38.7. The predicted octanol–water partition coefficient (Wildman–Crippen LogP) is 1.78. The van der Waals surface area contributed by atoms with Crippen LogP contribution in [0, 0.1) is 5.92 Å². The van der Waals surface area contributed by atoms with E-state index in [1.807, 2.05) is 6.92 Å². The molecule has 4 amide bonds. The van der Waals surface area contributed by atoms with Gasteiger partial charge in [0.2, 0.25) is 12.3 Å². The fourth-order valence-electron chi connectivity index (χ4n) is 4.68. The molecule has 0 aliphatic rings. The van der Waals surface area contributed by atoms with Gasteiger partial charge in [-0.15, -0.1) is 0 Å². The van der Waals surface area contributed by atoms with E-state index in [-0.39, 0.29) is 41.5 Å². The minimum absolute atomic E-state index is 0.132. The number of furan rings is 1. The van der Waals surface area contributed by atoms with E-state index in [4.69, 9.17) is 14.3 Å². The Hall–Kier alpha value is -5.45. The van der Waals surface area contributed by atoms with Gasteiger partial charge in [-0.3, -0.25) is 29.2 Å². The van der Waals surface area contributed by atoms with Crippen molar-refractivity contribution in [3.63, 3.8) is 0 Å². The molecule has 2 rings (SSSR count). The molecule has 262 valence electrons. The smallest absolute Gasteiger partial charge is 0.343 e. The Morgan fingerprint density at radius 1 is 1.00 bits per heavy atom. The quantitative estimate of drug-likeness (QED) is 0.0276. The molecular weight excluding hydrogens is 636 g/mol. The molecule has 17 nitrogen and oxygen atoms in total. The number of carbonyl (C=O) groups excluding carboxylic acids is 5. The van der Waals surface area contributed by atoms with Crippen molar-refractivity contribution >= 4 is 42.0 Å². The van der Waals surface area contributed by atoms with Gasteiger partial charge >= 0.3 is 17.9 Å². The highest BCUT2D eigenvalue weighted by atomic mass is 16.6. The van der Waals surface area contributed by atoms with Crippen molar-refractivity contribution in [2.45, 2.75) is 64.5 Å². The summed E-state index contributed by atoms with van der Waals surface area (Å²) in [7, 11) is 1.12. The molecule has 0 bridgehead atoms. The van der Waals surface area contributed by atoms with E-state index in [1.54, 1.807) is 6.92 Å². The van der Waals surface area contributed by atoms with Gasteiger partial charge in [-0.1, -0.05) is 39.2 Å². The molecule has 1 heterocycles. The summed E-state index contributed by atoms with van der Waals surface area (Å²) in [6, 6.07) is 4.20. The number of hydroxylamine groups is 2. The van der Waals surface area contributed by atoms with Gasteiger partial charge in [-0.25, -0.2) is 14.7 Å². The number of methoxy groups -OCH3 is 1. The lowest BCUT2D eigenvalue weighted by Gasteiger charge is -2.29. The highest BCUT2D eigenvalue weighted by Gasteiger charge is 2.31. The van der Waals surface area contributed by atoms with Gasteiger partial charge in [0, 0.05) is 5.56 Å². The standard InChI is InChI=1S/C31H40N4O13/c1-4-6-7-8-19(22(5-2)35(45)17-36)28(40)32-16-33-30(42)24-12-11-23(48-24)18-9-10-20(25(13-18)47-15-27(39)46-3)29(41)34-21(31(43)44)14-26(37)38/h9-13,17,19,21-22,45H,4-8,14-16H2,1-3H3,(H,32,40)(H,33,42)(H,34,41)(H,37,38)(H,43,44). The summed E-state index contributed by atoms with van der Waals surface area (Å²) in [6.07, 6.45) is 2.58. The third-order valence-electron chi connectivity index (χ3n) is 7.19. The Labute approximate surface area is 275 Å². The Morgan fingerprint density at radius 2 is 1.73 bits per heavy atom. The lowest BCUT2D eigenvalue weighted by atomic mass is 9.90. The number of amides is 4. The molecule has 0 saturated heterocycles. The number of ether oxygens (including phenoxy) is 2. The number of hydrogen-bond acceptors (Lipinski definition) is 11. The van der Waals surface area contributed by atoms with E-state index in [9.17, 15) is 43.9 Å². The molecule has 0 fully saturated rings. The van der Waals surface area contributed by atoms with Crippen molar-refractivity contribution in [1.29, 1.82) is 0 Å². The molecule has 6 N–H and O–H groups in total. The van der Waals surface area contributed by atoms with Gasteiger partial charge in [0.25, 0.3) is 11.8 Å². The molecule has 0 aliphatic carbocycles. The van der Waals surface area contributed by atoms with Crippen LogP contribution in [0.15, 0.2) is 34.7 Å². The maximum Gasteiger partial charge on any atom is 0.343 e. The summed E-state index contributed by atoms with van der Waals surface area (Å²) < 4.78 is 15.6. The summed E-state index contributed by atoms with van der Waals surface area (Å²) in [5.74, 6) is -6.89. The van der Waals surface area contributed by atoms with Crippen LogP contribution in [0.3, 0.4) is 0 Å². The molecule has 2 aromatic rings. The average molecular weight is 677 g/mol. The zero-order valence-electron chi connectivity index (χ0n) is 26.7. The minimum atomic E-state index is -1.75. The van der Waals surface area contributed by atoms with E-state index in [0.29, 0.717) is 24.3 Å². The minimum Gasteiger partial charge on any atom is -0.481 e. The second kappa shape index (κ2) is 19.3. The first-order valence-electron chi connectivity index (χ1n) is 15.0. The molecule has 3 atom stereocenters. The molecule has 3 unspecified atom stereocenters. The van der Waals surface area contributed by atoms with Crippen LogP contribution in [0.25, 0.3) is 11.3 Å². The molecular formula is C31H40N4O13. The number of hydrogen-bond donors (Lipinski definition) is 6. The van der Waals surface area contributed by atoms with Crippen LogP contribution < -0.4 is 20.7 Å². The van der Waals surface area contributed by atoms with Crippen LogP contribution >= 0.6 is 0 Å². The molecule has 0 saturated carbocycles. The fourth-order valence-corrected chi connectivity index (χ4v) is 4.68. The zero-order valence-corrected chi connectivity index (χ0v) is 26.7. The SMILES string of the molecule is CCCCCC(C(=O)NCNC(=O)c1ccc(-c2ccc(C(=O)NC(CC(=O)O)C(=O)O)c(OCC(=O)OC)c2)o1)C(CC)N(O)C=O. The maximum atomic E-state index is 13.0. The number of carboxylic acids is 2. The van der Waals surface area contributed by atoms with Gasteiger partial charge in [0.1, 0.15) is 17.6 Å². The van der Waals surface area contributed by atoms with Crippen molar-refractivity contribution in [2.75, 3.05) is 20.4 Å². The van der Waals surface area contributed by atoms with Crippen molar-refractivity contribution < 1.29 is 62.9 Å². The van der Waals surface area contributed by atoms with Crippen LogP contribution in [0.4, 0.5) is 0 Å². The van der Waals surface area contributed by atoms with Crippen LogP contribution in [-0.2, 0) is 28.7 Å². The molecule has 17 heteroatoms. The Morgan fingerprint density at radius 3 is 2.33 bits per heavy atom. The number of nitrogens with zero attached hydrogens (tertiary/aromatic N) is 1. The highest BCUT2D eigenvalue weighted by Crippen LogP contribution is 2.29. The number of esters is 1. The number of benzene rings is 1. The van der Waals surface area contributed by atoms with Gasteiger partial charge in [0.15, 0.2) is 12.4 Å². The number of nitrogens with one attached hydrogen (secondary N) is 3. The summed E-state index contributed by atoms with van der Waals surface area (Å²) in [6.45, 7) is 2.83. The highest BCUT2D eigenvalue weighted by molar-refractivity contribution is 6.00. The number of carbonyl (C=O) groups is 7. The van der Waals surface area contributed by atoms with Gasteiger partial charge in [-0.2, -0.15) is 0 Å². The second-order valence-electron chi connectivity index (χ2n) is 10.5. The normalized spacial score (nSPS) is 12.5. The predicted molar refractivity (Wildman–Crippen MR) is 165 cm³/mol. The van der Waals surface area contributed by atoms with E-state index in [2.05, 4.69) is 20.7 Å². The maximum absolute atomic E-state index is 13.0. The second-order valence-corrected chi connectivity index (χ2v) is 10.5. The molecule has 1 aromatic carbocycles. The van der Waals surface area contributed by atoms with Gasteiger partial charge in [-0.05, 0) is 37.1 Å². The molecule has 1 aromatic heterocycles. The Kier molecular flexibility index (Phi) is 15.5. The van der Waals surface area contributed by atoms with E-state index < -0.39 is 66.7 Å². The van der Waals surface area contributed by atoms with Gasteiger partial charge in [0.05, 0.1) is 37.7 Å². The third-order valence-corrected chi connectivity index (χ3v) is 7.19. The number of aliphatic carboxylic acids is 2. The van der Waals surface area contributed by atoms with E-state index in [0.717, 1.165) is 20.0 Å². The number of carboxylic acid groups (broad SMARTS) is 2. The van der Waals surface area contributed by atoms with Crippen molar-refractivity contribution in [1.82, 2.24) is 21.0 Å². The topological polar surface area (TPSA) is 251 Å². The van der Waals surface area contributed by atoms with E-state index in [1.165, 1.54) is 30.3 Å². The first-order valence-corrected chi connectivity index (χ1v) is 15.0. The van der Waals surface area contributed by atoms with E-state index >= 15 is 0 Å². The number of rotatable bonds is 21. The molecule has 0 radical (unpaired) electrons. The third kappa shape index (κ3) is 11.4. The summed E-state index contributed by atoms with van der Waals surface area (Å²) >= 11 is 0. The number of unbranched alkanes of at least 4 members (excludes halogenated alkanes) is 2. The average Bonchev–Trinajstić information content (AvgIpc) is 3.56. The molecule has 0 spiro atoms. The monoisotopic (exact) mass is 676 g/mol. The van der Waals surface area contributed by atoms with Crippen LogP contribution in [0.1, 0.15) is 73.3 Å². The lowest BCUT2D eigenvalue weighted by molar-refractivity contribution is -0.168. The summed E-state index contributed by atoms with van der Waals surface area (Å²) in [5.41, 5.74) is 0.0543. The zero-order chi connectivity index (χ0) is 35.8.